The topological polar surface area (TPSA) is 38.3 Å². The van der Waals surface area contributed by atoms with Gasteiger partial charge in [-0.1, -0.05) is 12.0 Å². The molecule has 0 bridgehead atoms. The lowest BCUT2D eigenvalue weighted by atomic mass is 10.2. The Labute approximate surface area is 93.6 Å². The smallest absolute Gasteiger partial charge is 0.258 e. The molecular formula is C12H12FNO2. The molecule has 0 heterocycles. The molecule has 84 valence electrons. The first kappa shape index (κ1) is 12.1. The molecule has 0 aliphatic rings. The van der Waals surface area contributed by atoms with Crippen molar-refractivity contribution < 1.29 is 13.9 Å². The quantitative estimate of drug-likeness (QED) is 0.777. The first-order valence-electron chi connectivity index (χ1n) is 4.72. The van der Waals surface area contributed by atoms with Crippen LogP contribution in [-0.2, 0) is 4.79 Å². The lowest BCUT2D eigenvalue weighted by Gasteiger charge is -2.06. The second-order valence-corrected chi connectivity index (χ2v) is 3.18. The van der Waals surface area contributed by atoms with Gasteiger partial charge in [0.25, 0.3) is 5.91 Å². The predicted octanol–water partition coefficient (Wildman–Crippen LogP) is 1.26. The van der Waals surface area contributed by atoms with Gasteiger partial charge in [-0.15, -0.1) is 6.42 Å². The molecule has 0 aromatic heterocycles. The molecule has 0 radical (unpaired) electrons. The van der Waals surface area contributed by atoms with E-state index in [-0.39, 0.29) is 24.9 Å². The van der Waals surface area contributed by atoms with Crippen molar-refractivity contribution in [2.24, 2.45) is 0 Å². The third kappa shape index (κ3) is 3.62. The van der Waals surface area contributed by atoms with Crippen LogP contribution in [0.3, 0.4) is 0 Å². The van der Waals surface area contributed by atoms with Crippen LogP contribution >= 0.6 is 0 Å². The second kappa shape index (κ2) is 5.76. The molecule has 3 nitrogen and oxygen atoms in total. The highest BCUT2D eigenvalue weighted by molar-refractivity contribution is 5.77. The average molecular weight is 221 g/mol. The zero-order chi connectivity index (χ0) is 12.0. The molecule has 0 fully saturated rings. The molecule has 1 aromatic carbocycles. The van der Waals surface area contributed by atoms with Gasteiger partial charge >= 0.3 is 0 Å². The van der Waals surface area contributed by atoms with Crippen molar-refractivity contribution in [1.29, 1.82) is 0 Å². The van der Waals surface area contributed by atoms with Crippen LogP contribution in [0.25, 0.3) is 0 Å². The van der Waals surface area contributed by atoms with E-state index in [1.165, 1.54) is 6.07 Å². The largest absolute Gasteiger partial charge is 0.484 e. The number of terminal acetylenes is 1. The number of benzene rings is 1. The van der Waals surface area contributed by atoms with E-state index in [9.17, 15) is 9.18 Å². The molecule has 16 heavy (non-hydrogen) atoms. The molecule has 1 amide bonds. The Balaban J connectivity index is 2.46. The van der Waals surface area contributed by atoms with Gasteiger partial charge in [-0.05, 0) is 18.6 Å². The van der Waals surface area contributed by atoms with Gasteiger partial charge in [0.1, 0.15) is 11.6 Å². The number of hydrogen-bond donors (Lipinski definition) is 1. The zero-order valence-electron chi connectivity index (χ0n) is 8.92. The van der Waals surface area contributed by atoms with Gasteiger partial charge in [0.05, 0.1) is 6.54 Å². The van der Waals surface area contributed by atoms with E-state index < -0.39 is 0 Å². The second-order valence-electron chi connectivity index (χ2n) is 3.18. The van der Waals surface area contributed by atoms with Crippen LogP contribution in [0.15, 0.2) is 18.2 Å². The summed E-state index contributed by atoms with van der Waals surface area (Å²) < 4.78 is 18.2. The third-order valence-electron chi connectivity index (χ3n) is 1.90. The average Bonchev–Trinajstić information content (AvgIpc) is 2.28. The zero-order valence-corrected chi connectivity index (χ0v) is 8.92. The number of hydrogen-bond acceptors (Lipinski definition) is 2. The van der Waals surface area contributed by atoms with Crippen LogP contribution in [0.2, 0.25) is 0 Å². The molecule has 0 saturated carbocycles. The number of amides is 1. The summed E-state index contributed by atoms with van der Waals surface area (Å²) in [5, 5.41) is 2.43. The van der Waals surface area contributed by atoms with Gasteiger partial charge in [0, 0.05) is 6.07 Å². The Hall–Kier alpha value is -2.02. The molecular weight excluding hydrogens is 209 g/mol. The highest BCUT2D eigenvalue weighted by Crippen LogP contribution is 2.15. The van der Waals surface area contributed by atoms with Gasteiger partial charge in [-0.25, -0.2) is 4.39 Å². The molecule has 0 unspecified atom stereocenters. The molecule has 4 heteroatoms. The van der Waals surface area contributed by atoms with Crippen LogP contribution in [0.1, 0.15) is 5.56 Å². The number of nitrogens with one attached hydrogen (secondary N) is 1. The fourth-order valence-electron chi connectivity index (χ4n) is 1.01. The minimum atomic E-state index is -0.360. The van der Waals surface area contributed by atoms with Crippen molar-refractivity contribution in [2.45, 2.75) is 6.92 Å². The van der Waals surface area contributed by atoms with E-state index in [0.717, 1.165) is 0 Å². The highest BCUT2D eigenvalue weighted by atomic mass is 19.1. The Morgan fingerprint density at radius 3 is 3.00 bits per heavy atom. The van der Waals surface area contributed by atoms with Gasteiger partial charge in [0.2, 0.25) is 0 Å². The van der Waals surface area contributed by atoms with E-state index in [0.29, 0.717) is 11.3 Å². The van der Waals surface area contributed by atoms with E-state index in [1.807, 2.05) is 0 Å². The summed E-state index contributed by atoms with van der Waals surface area (Å²) in [7, 11) is 0. The lowest BCUT2D eigenvalue weighted by molar-refractivity contribution is -0.122. The maximum atomic E-state index is 13.1. The van der Waals surface area contributed by atoms with Crippen LogP contribution in [0.4, 0.5) is 4.39 Å². The fraction of sp³-hybridized carbons (Fsp3) is 0.250. The van der Waals surface area contributed by atoms with Gasteiger partial charge < -0.3 is 10.1 Å². The molecule has 1 N–H and O–H groups in total. The number of aryl methyl sites for hydroxylation is 1. The van der Waals surface area contributed by atoms with Crippen molar-refractivity contribution in [2.75, 3.05) is 13.2 Å². The minimum Gasteiger partial charge on any atom is -0.484 e. The summed E-state index contributed by atoms with van der Waals surface area (Å²) in [5.74, 6) is 1.89. The SMILES string of the molecule is C#CCNC(=O)COc1ccc(C)c(F)c1. The van der Waals surface area contributed by atoms with Crippen molar-refractivity contribution in [1.82, 2.24) is 5.32 Å². The summed E-state index contributed by atoms with van der Waals surface area (Å²) in [6, 6.07) is 4.43. The van der Waals surface area contributed by atoms with Crippen molar-refractivity contribution in [3.63, 3.8) is 0 Å². The molecule has 0 saturated heterocycles. The number of carbonyl (C=O) groups is 1. The van der Waals surface area contributed by atoms with Gasteiger partial charge in [0.15, 0.2) is 6.61 Å². The molecule has 0 aliphatic carbocycles. The van der Waals surface area contributed by atoms with Crippen LogP contribution in [0, 0.1) is 25.1 Å². The van der Waals surface area contributed by atoms with E-state index >= 15 is 0 Å². The Kier molecular flexibility index (Phi) is 4.34. The van der Waals surface area contributed by atoms with Crippen LogP contribution in [-0.4, -0.2) is 19.1 Å². The normalized spacial score (nSPS) is 9.31. The molecule has 0 atom stereocenters. The maximum Gasteiger partial charge on any atom is 0.258 e. The lowest BCUT2D eigenvalue weighted by Crippen LogP contribution is -2.29. The standard InChI is InChI=1S/C12H12FNO2/c1-3-6-14-12(15)8-16-10-5-4-9(2)11(13)7-10/h1,4-5,7H,6,8H2,2H3,(H,14,15). The number of carbonyl (C=O) groups excluding carboxylic acids is 1. The first-order chi connectivity index (χ1) is 7.63. The van der Waals surface area contributed by atoms with Gasteiger partial charge in [-0.3, -0.25) is 4.79 Å². The summed E-state index contributed by atoms with van der Waals surface area (Å²) >= 11 is 0. The molecule has 1 rings (SSSR count). The van der Waals surface area contributed by atoms with Gasteiger partial charge in [-0.2, -0.15) is 0 Å². The molecule has 1 aromatic rings. The summed E-state index contributed by atoms with van der Waals surface area (Å²) in [6.07, 6.45) is 4.97. The highest BCUT2D eigenvalue weighted by Gasteiger charge is 2.03. The molecule has 0 spiro atoms. The maximum absolute atomic E-state index is 13.1. The van der Waals surface area contributed by atoms with Crippen molar-refractivity contribution in [3.8, 4) is 18.1 Å². The Morgan fingerprint density at radius 1 is 1.62 bits per heavy atom. The fourth-order valence-corrected chi connectivity index (χ4v) is 1.01. The monoisotopic (exact) mass is 221 g/mol. The van der Waals surface area contributed by atoms with E-state index in [4.69, 9.17) is 11.2 Å². The Morgan fingerprint density at radius 2 is 2.38 bits per heavy atom. The predicted molar refractivity (Wildman–Crippen MR) is 58.5 cm³/mol. The first-order valence-corrected chi connectivity index (χ1v) is 4.72. The van der Waals surface area contributed by atoms with Crippen LogP contribution in [0.5, 0.6) is 5.75 Å². The number of rotatable bonds is 4. The van der Waals surface area contributed by atoms with E-state index in [2.05, 4.69) is 11.2 Å². The van der Waals surface area contributed by atoms with Crippen LogP contribution < -0.4 is 10.1 Å². The molecule has 0 aliphatic heterocycles. The third-order valence-corrected chi connectivity index (χ3v) is 1.90. The summed E-state index contributed by atoms with van der Waals surface area (Å²) in [4.78, 5) is 11.1. The van der Waals surface area contributed by atoms with E-state index in [1.54, 1.807) is 19.1 Å². The summed E-state index contributed by atoms with van der Waals surface area (Å²) in [5.41, 5.74) is 0.532. The van der Waals surface area contributed by atoms with Crippen molar-refractivity contribution >= 4 is 5.91 Å². The number of ether oxygens (including phenoxy) is 1. The summed E-state index contributed by atoms with van der Waals surface area (Å²) in [6.45, 7) is 1.63. The number of halogens is 1. The Bertz CT molecular complexity index is 424. The minimum absolute atomic E-state index is 0.157. The van der Waals surface area contributed by atoms with Crippen molar-refractivity contribution in [3.05, 3.63) is 29.6 Å².